The number of aromatic amines is 1. The fourth-order valence-electron chi connectivity index (χ4n) is 1.98. The molecule has 0 saturated heterocycles. The molecule has 0 saturated carbocycles. The van der Waals surface area contributed by atoms with Gasteiger partial charge in [0.05, 0.1) is 6.20 Å². The van der Waals surface area contributed by atoms with Crippen molar-refractivity contribution in [2.45, 2.75) is 31.8 Å². The Bertz CT molecular complexity index is 695. The topological polar surface area (TPSA) is 86.9 Å². The molecule has 7 heteroatoms. The number of H-pyrrole nitrogens is 1. The van der Waals surface area contributed by atoms with Crippen LogP contribution in [0.2, 0.25) is 0 Å². The van der Waals surface area contributed by atoms with Crippen LogP contribution in [0, 0.1) is 0 Å². The summed E-state index contributed by atoms with van der Waals surface area (Å²) in [5, 5.41) is 9.59. The van der Waals surface area contributed by atoms with Gasteiger partial charge >= 0.3 is 0 Å². The zero-order valence-corrected chi connectivity index (χ0v) is 13.0. The van der Waals surface area contributed by atoms with Crippen LogP contribution in [0.25, 0.3) is 0 Å². The van der Waals surface area contributed by atoms with E-state index in [0.29, 0.717) is 17.8 Å². The zero-order valence-electron chi connectivity index (χ0n) is 12.2. The molecule has 0 radical (unpaired) electrons. The molecule has 0 aliphatic heterocycles. The van der Waals surface area contributed by atoms with Crippen molar-refractivity contribution in [3.05, 3.63) is 41.6 Å². The number of hydrogen-bond acceptors (Lipinski definition) is 4. The third-order valence-corrected chi connectivity index (χ3v) is 4.50. The van der Waals surface area contributed by atoms with E-state index in [-0.39, 0.29) is 5.03 Å². The van der Waals surface area contributed by atoms with Crippen LogP contribution in [-0.2, 0) is 23.0 Å². The average Bonchev–Trinajstić information content (AvgIpc) is 2.94. The van der Waals surface area contributed by atoms with E-state index in [1.54, 1.807) is 6.07 Å². The highest BCUT2D eigenvalue weighted by molar-refractivity contribution is 7.92. The number of anilines is 1. The Morgan fingerprint density at radius 1 is 1.29 bits per heavy atom. The first-order valence-electron chi connectivity index (χ1n) is 6.91. The highest BCUT2D eigenvalue weighted by atomic mass is 32.2. The minimum absolute atomic E-state index is 0.102. The van der Waals surface area contributed by atoms with E-state index in [4.69, 9.17) is 0 Å². The zero-order chi connectivity index (χ0) is 15.3. The summed E-state index contributed by atoms with van der Waals surface area (Å²) in [6, 6.07) is 7.36. The molecule has 0 unspecified atom stereocenters. The van der Waals surface area contributed by atoms with Crippen LogP contribution in [-0.4, -0.2) is 25.2 Å². The summed E-state index contributed by atoms with van der Waals surface area (Å²) in [7, 11) is -3.66. The molecule has 0 fully saturated rings. The van der Waals surface area contributed by atoms with E-state index in [2.05, 4.69) is 20.2 Å². The normalized spacial score (nSPS) is 11.5. The molecule has 2 aromatic rings. The lowest BCUT2D eigenvalue weighted by atomic mass is 10.1. The molecule has 0 amide bonds. The van der Waals surface area contributed by atoms with Crippen molar-refractivity contribution in [2.24, 2.45) is 0 Å². The summed E-state index contributed by atoms with van der Waals surface area (Å²) in [4.78, 5) is 0. The molecule has 3 N–H and O–H groups in total. The Balaban J connectivity index is 2.23. The van der Waals surface area contributed by atoms with Gasteiger partial charge in [0.2, 0.25) is 0 Å². The Hall–Kier alpha value is -1.86. The second-order valence-corrected chi connectivity index (χ2v) is 6.28. The van der Waals surface area contributed by atoms with Gasteiger partial charge in [-0.15, -0.1) is 0 Å². The number of sulfonamides is 1. The van der Waals surface area contributed by atoms with E-state index in [0.717, 1.165) is 18.5 Å². The van der Waals surface area contributed by atoms with E-state index in [9.17, 15) is 8.42 Å². The van der Waals surface area contributed by atoms with Crippen molar-refractivity contribution >= 4 is 15.7 Å². The number of aromatic nitrogens is 2. The maximum absolute atomic E-state index is 12.4. The highest BCUT2D eigenvalue weighted by Gasteiger charge is 2.20. The van der Waals surface area contributed by atoms with Gasteiger partial charge < -0.3 is 5.32 Å². The van der Waals surface area contributed by atoms with Crippen molar-refractivity contribution in [2.75, 3.05) is 11.3 Å². The maximum Gasteiger partial charge on any atom is 0.279 e. The molecule has 1 aromatic heterocycles. The van der Waals surface area contributed by atoms with Gasteiger partial charge in [0, 0.05) is 17.8 Å². The van der Waals surface area contributed by atoms with E-state index in [1.165, 1.54) is 6.20 Å². The Labute approximate surface area is 125 Å². The predicted octanol–water partition coefficient (Wildman–Crippen LogP) is 1.88. The molecule has 6 nitrogen and oxygen atoms in total. The summed E-state index contributed by atoms with van der Waals surface area (Å²) in [6.45, 7) is 5.20. The standard InChI is InChI=1S/C14H20N4O2S/c1-3-11-6-5-7-13(8-11)18-21(19,20)14-12(9-15-4-2)10-16-17-14/h5-8,10,15,18H,3-4,9H2,1-2H3,(H,16,17). The molecular formula is C14H20N4O2S. The summed E-state index contributed by atoms with van der Waals surface area (Å²) < 4.78 is 27.5. The van der Waals surface area contributed by atoms with Crippen LogP contribution in [0.15, 0.2) is 35.5 Å². The van der Waals surface area contributed by atoms with Crippen molar-refractivity contribution in [3.63, 3.8) is 0 Å². The molecule has 1 aromatic carbocycles. The van der Waals surface area contributed by atoms with Gasteiger partial charge in [0.1, 0.15) is 0 Å². The molecule has 21 heavy (non-hydrogen) atoms. The SMILES string of the molecule is CCNCc1cn[nH]c1S(=O)(=O)Nc1cccc(CC)c1. The molecule has 1 heterocycles. The lowest BCUT2D eigenvalue weighted by Crippen LogP contribution is -2.18. The van der Waals surface area contributed by atoms with Gasteiger partial charge in [-0.1, -0.05) is 26.0 Å². The number of nitrogens with zero attached hydrogens (tertiary/aromatic N) is 1. The number of hydrogen-bond donors (Lipinski definition) is 3. The van der Waals surface area contributed by atoms with Crippen LogP contribution in [0.1, 0.15) is 25.0 Å². The fourth-order valence-corrected chi connectivity index (χ4v) is 3.16. The number of aryl methyl sites for hydroxylation is 1. The first-order valence-corrected chi connectivity index (χ1v) is 8.40. The average molecular weight is 308 g/mol. The lowest BCUT2D eigenvalue weighted by Gasteiger charge is -2.09. The second-order valence-electron chi connectivity index (χ2n) is 4.66. The third kappa shape index (κ3) is 3.83. The molecule has 0 atom stereocenters. The molecule has 114 valence electrons. The maximum atomic E-state index is 12.4. The fraction of sp³-hybridized carbons (Fsp3) is 0.357. The smallest absolute Gasteiger partial charge is 0.279 e. The van der Waals surface area contributed by atoms with E-state index < -0.39 is 10.0 Å². The van der Waals surface area contributed by atoms with E-state index in [1.807, 2.05) is 32.0 Å². The van der Waals surface area contributed by atoms with Gasteiger partial charge in [0.25, 0.3) is 10.0 Å². The van der Waals surface area contributed by atoms with Crippen molar-refractivity contribution in [3.8, 4) is 0 Å². The van der Waals surface area contributed by atoms with Crippen LogP contribution in [0.3, 0.4) is 0 Å². The minimum Gasteiger partial charge on any atom is -0.313 e. The predicted molar refractivity (Wildman–Crippen MR) is 82.6 cm³/mol. The van der Waals surface area contributed by atoms with Crippen LogP contribution < -0.4 is 10.0 Å². The first kappa shape index (κ1) is 15.5. The lowest BCUT2D eigenvalue weighted by molar-refractivity contribution is 0.594. The van der Waals surface area contributed by atoms with Gasteiger partial charge in [-0.3, -0.25) is 9.82 Å². The number of rotatable bonds is 7. The Morgan fingerprint density at radius 3 is 2.81 bits per heavy atom. The van der Waals surface area contributed by atoms with Gasteiger partial charge in [-0.2, -0.15) is 13.5 Å². The van der Waals surface area contributed by atoms with Crippen LogP contribution in [0.4, 0.5) is 5.69 Å². The van der Waals surface area contributed by atoms with Crippen LogP contribution >= 0.6 is 0 Å². The monoisotopic (exact) mass is 308 g/mol. The largest absolute Gasteiger partial charge is 0.313 e. The molecule has 0 aliphatic rings. The molecule has 0 aliphatic carbocycles. The highest BCUT2D eigenvalue weighted by Crippen LogP contribution is 2.18. The van der Waals surface area contributed by atoms with Crippen molar-refractivity contribution in [1.29, 1.82) is 0 Å². The first-order chi connectivity index (χ1) is 10.1. The van der Waals surface area contributed by atoms with Crippen LogP contribution in [0.5, 0.6) is 0 Å². The van der Waals surface area contributed by atoms with E-state index >= 15 is 0 Å². The van der Waals surface area contributed by atoms with Crippen molar-refractivity contribution in [1.82, 2.24) is 15.5 Å². The Morgan fingerprint density at radius 2 is 2.10 bits per heavy atom. The second kappa shape index (κ2) is 6.73. The number of nitrogens with one attached hydrogen (secondary N) is 3. The molecule has 0 bridgehead atoms. The summed E-state index contributed by atoms with van der Waals surface area (Å²) in [6.07, 6.45) is 2.38. The quantitative estimate of drug-likeness (QED) is 0.729. The summed E-state index contributed by atoms with van der Waals surface area (Å²) >= 11 is 0. The van der Waals surface area contributed by atoms with Gasteiger partial charge in [0.15, 0.2) is 5.03 Å². The molecule has 0 spiro atoms. The van der Waals surface area contributed by atoms with Gasteiger partial charge in [-0.25, -0.2) is 0 Å². The molecular weight excluding hydrogens is 288 g/mol. The van der Waals surface area contributed by atoms with Crippen molar-refractivity contribution < 1.29 is 8.42 Å². The minimum atomic E-state index is -3.66. The third-order valence-electron chi connectivity index (χ3n) is 3.10. The van der Waals surface area contributed by atoms with Gasteiger partial charge in [-0.05, 0) is 30.7 Å². The molecule has 2 rings (SSSR count). The number of benzene rings is 1. The summed E-state index contributed by atoms with van der Waals surface area (Å²) in [5.41, 5.74) is 2.25. The Kier molecular flexibility index (Phi) is 4.98. The summed E-state index contributed by atoms with van der Waals surface area (Å²) in [5.74, 6) is 0.